The minimum Gasteiger partial charge on any atom is -0.494 e. The Hall–Kier alpha value is -3.00. The number of rotatable bonds is 9. The van der Waals surface area contributed by atoms with Gasteiger partial charge in [0.05, 0.1) is 19.4 Å². The van der Waals surface area contributed by atoms with Crippen molar-refractivity contribution in [2.45, 2.75) is 19.9 Å². The number of ether oxygens (including phenoxy) is 1. The zero-order valence-electron chi connectivity index (χ0n) is 19.4. The van der Waals surface area contributed by atoms with Crippen LogP contribution in [0.4, 0.5) is 0 Å². The van der Waals surface area contributed by atoms with Crippen LogP contribution in [-0.4, -0.2) is 86.5 Å². The second-order valence-electron chi connectivity index (χ2n) is 8.08. The van der Waals surface area contributed by atoms with Crippen LogP contribution in [-0.2, 0) is 6.54 Å². The van der Waals surface area contributed by atoms with E-state index in [1.165, 1.54) is 6.26 Å². The average molecular weight is 442 g/mol. The summed E-state index contributed by atoms with van der Waals surface area (Å²) in [6.07, 6.45) is 2.54. The molecule has 1 N–H and O–H groups in total. The fraction of sp³-hybridized carbons (Fsp3) is 0.500. The van der Waals surface area contributed by atoms with E-state index < -0.39 is 0 Å². The molecule has 0 radical (unpaired) electrons. The van der Waals surface area contributed by atoms with Gasteiger partial charge in [0.2, 0.25) is 0 Å². The van der Waals surface area contributed by atoms with Crippen LogP contribution < -0.4 is 10.1 Å². The molecule has 1 fully saturated rings. The Labute approximate surface area is 190 Å². The summed E-state index contributed by atoms with van der Waals surface area (Å²) in [5, 5.41) is 3.37. The van der Waals surface area contributed by atoms with Gasteiger partial charge in [0.25, 0.3) is 5.91 Å². The van der Waals surface area contributed by atoms with Crippen molar-refractivity contribution in [1.29, 1.82) is 0 Å². The van der Waals surface area contributed by atoms with Gasteiger partial charge in [0, 0.05) is 39.3 Å². The minimum absolute atomic E-state index is 0.0550. The molecule has 1 aliphatic heterocycles. The minimum atomic E-state index is -0.0550. The number of nitrogens with zero attached hydrogens (tertiary/aromatic N) is 4. The molecule has 0 atom stereocenters. The number of guanidine groups is 1. The van der Waals surface area contributed by atoms with Gasteiger partial charge in [-0.15, -0.1) is 0 Å². The van der Waals surface area contributed by atoms with Crippen LogP contribution in [0.15, 0.2) is 52.1 Å². The van der Waals surface area contributed by atoms with E-state index in [-0.39, 0.29) is 5.91 Å². The predicted molar refractivity (Wildman–Crippen MR) is 126 cm³/mol. The second-order valence-corrected chi connectivity index (χ2v) is 8.08. The summed E-state index contributed by atoms with van der Waals surface area (Å²) in [5.74, 6) is 2.10. The fourth-order valence-electron chi connectivity index (χ4n) is 3.53. The van der Waals surface area contributed by atoms with Gasteiger partial charge < -0.3 is 29.2 Å². The molecule has 1 aromatic carbocycles. The molecule has 1 saturated heterocycles. The molecule has 8 heteroatoms. The molecule has 1 aromatic heterocycles. The molecule has 0 unspecified atom stereocenters. The lowest BCUT2D eigenvalue weighted by Gasteiger charge is -2.36. The van der Waals surface area contributed by atoms with E-state index in [0.29, 0.717) is 32.0 Å². The SMILES string of the molecule is CCNC(=NCc1ccc(OCCCN(C)C)cc1)N1CCN(C(=O)c2ccco2)CC1. The Balaban J connectivity index is 1.50. The normalized spacial score (nSPS) is 14.7. The topological polar surface area (TPSA) is 73.6 Å². The van der Waals surface area contributed by atoms with Gasteiger partial charge in [-0.25, -0.2) is 4.99 Å². The first kappa shape index (κ1) is 23.7. The molecule has 2 heterocycles. The highest BCUT2D eigenvalue weighted by Gasteiger charge is 2.25. The van der Waals surface area contributed by atoms with Crippen molar-refractivity contribution in [3.63, 3.8) is 0 Å². The van der Waals surface area contributed by atoms with Crippen molar-refractivity contribution in [2.24, 2.45) is 4.99 Å². The van der Waals surface area contributed by atoms with Crippen LogP contribution in [0.25, 0.3) is 0 Å². The molecule has 32 heavy (non-hydrogen) atoms. The first-order valence-corrected chi connectivity index (χ1v) is 11.3. The van der Waals surface area contributed by atoms with Crippen molar-refractivity contribution in [3.8, 4) is 5.75 Å². The van der Waals surface area contributed by atoms with Gasteiger partial charge in [-0.1, -0.05) is 12.1 Å². The van der Waals surface area contributed by atoms with Crippen LogP contribution in [0.2, 0.25) is 0 Å². The third-order valence-corrected chi connectivity index (χ3v) is 5.29. The Kier molecular flexibility index (Phi) is 8.98. The number of carbonyl (C=O) groups is 1. The number of hydrogen-bond acceptors (Lipinski definition) is 5. The third-order valence-electron chi connectivity index (χ3n) is 5.29. The van der Waals surface area contributed by atoms with Crippen LogP contribution >= 0.6 is 0 Å². The molecule has 0 saturated carbocycles. The number of aliphatic imine (C=N–C) groups is 1. The Morgan fingerprint density at radius 2 is 1.84 bits per heavy atom. The zero-order valence-corrected chi connectivity index (χ0v) is 19.4. The van der Waals surface area contributed by atoms with E-state index in [4.69, 9.17) is 14.1 Å². The number of carbonyl (C=O) groups excluding carboxylic acids is 1. The van der Waals surface area contributed by atoms with Crippen LogP contribution in [0.1, 0.15) is 29.5 Å². The Bertz CT molecular complexity index is 841. The van der Waals surface area contributed by atoms with Crippen molar-refractivity contribution >= 4 is 11.9 Å². The highest BCUT2D eigenvalue weighted by atomic mass is 16.5. The summed E-state index contributed by atoms with van der Waals surface area (Å²) in [6, 6.07) is 11.6. The summed E-state index contributed by atoms with van der Waals surface area (Å²) in [7, 11) is 4.13. The van der Waals surface area contributed by atoms with E-state index in [1.807, 2.05) is 17.0 Å². The summed E-state index contributed by atoms with van der Waals surface area (Å²) >= 11 is 0. The molecular weight excluding hydrogens is 406 g/mol. The second kappa shape index (κ2) is 12.1. The number of nitrogens with one attached hydrogen (secondary N) is 1. The first-order valence-electron chi connectivity index (χ1n) is 11.3. The number of piperazine rings is 1. The largest absolute Gasteiger partial charge is 0.494 e. The average Bonchev–Trinajstić information content (AvgIpc) is 3.35. The van der Waals surface area contributed by atoms with Crippen LogP contribution in [0.3, 0.4) is 0 Å². The molecule has 0 bridgehead atoms. The van der Waals surface area contributed by atoms with Gasteiger partial charge in [0.15, 0.2) is 11.7 Å². The molecule has 1 amide bonds. The van der Waals surface area contributed by atoms with Crippen molar-refractivity contribution in [3.05, 3.63) is 54.0 Å². The lowest BCUT2D eigenvalue weighted by atomic mass is 10.2. The number of furan rings is 1. The van der Waals surface area contributed by atoms with Gasteiger partial charge in [-0.05, 0) is 57.3 Å². The number of hydrogen-bond donors (Lipinski definition) is 1. The molecule has 174 valence electrons. The lowest BCUT2D eigenvalue weighted by molar-refractivity contribution is 0.0657. The number of benzene rings is 1. The van der Waals surface area contributed by atoms with E-state index >= 15 is 0 Å². The van der Waals surface area contributed by atoms with Crippen molar-refractivity contribution in [2.75, 3.05) is 60.0 Å². The lowest BCUT2D eigenvalue weighted by Crippen LogP contribution is -2.53. The van der Waals surface area contributed by atoms with Crippen LogP contribution in [0, 0.1) is 0 Å². The highest BCUT2D eigenvalue weighted by Crippen LogP contribution is 2.14. The highest BCUT2D eigenvalue weighted by molar-refractivity contribution is 5.91. The summed E-state index contributed by atoms with van der Waals surface area (Å²) in [6.45, 7) is 7.94. The molecule has 0 aliphatic carbocycles. The Morgan fingerprint density at radius 3 is 2.47 bits per heavy atom. The van der Waals surface area contributed by atoms with E-state index in [9.17, 15) is 4.79 Å². The predicted octanol–water partition coefficient (Wildman–Crippen LogP) is 2.53. The molecular formula is C24H35N5O3. The zero-order chi connectivity index (χ0) is 22.8. The van der Waals surface area contributed by atoms with Gasteiger partial charge in [0.1, 0.15) is 5.75 Å². The maximum atomic E-state index is 12.5. The molecule has 1 aliphatic rings. The summed E-state index contributed by atoms with van der Waals surface area (Å²) < 4.78 is 11.0. The Morgan fingerprint density at radius 1 is 1.12 bits per heavy atom. The maximum absolute atomic E-state index is 12.5. The summed E-state index contributed by atoms with van der Waals surface area (Å²) in [4.78, 5) is 23.5. The first-order chi connectivity index (χ1) is 15.6. The van der Waals surface area contributed by atoms with E-state index in [0.717, 1.165) is 49.9 Å². The van der Waals surface area contributed by atoms with E-state index in [1.54, 1.807) is 12.1 Å². The van der Waals surface area contributed by atoms with Gasteiger partial charge in [-0.2, -0.15) is 0 Å². The quantitative estimate of drug-likeness (QED) is 0.366. The van der Waals surface area contributed by atoms with Crippen molar-refractivity contribution in [1.82, 2.24) is 20.0 Å². The van der Waals surface area contributed by atoms with Crippen LogP contribution in [0.5, 0.6) is 5.75 Å². The van der Waals surface area contributed by atoms with E-state index in [2.05, 4.69) is 48.3 Å². The summed E-state index contributed by atoms with van der Waals surface area (Å²) in [5.41, 5.74) is 1.13. The monoisotopic (exact) mass is 441 g/mol. The standard InChI is InChI=1S/C24H35N5O3/c1-4-25-24(29-15-13-28(14-16-29)23(30)22-7-5-17-32-22)26-19-20-8-10-21(11-9-20)31-18-6-12-27(2)3/h5,7-11,17H,4,6,12-16,18-19H2,1-3H3,(H,25,26). The fourth-order valence-corrected chi connectivity index (χ4v) is 3.53. The smallest absolute Gasteiger partial charge is 0.289 e. The van der Waals surface area contributed by atoms with Crippen molar-refractivity contribution < 1.29 is 13.9 Å². The molecule has 3 rings (SSSR count). The third kappa shape index (κ3) is 7.02. The molecule has 0 spiro atoms. The molecule has 8 nitrogen and oxygen atoms in total. The molecule has 2 aromatic rings. The van der Waals surface area contributed by atoms with Gasteiger partial charge in [-0.3, -0.25) is 4.79 Å². The van der Waals surface area contributed by atoms with Gasteiger partial charge >= 0.3 is 0 Å². The number of amides is 1. The maximum Gasteiger partial charge on any atom is 0.289 e.